The maximum atomic E-state index is 5.19. The Labute approximate surface area is 114 Å². The van der Waals surface area contributed by atoms with Crippen LogP contribution in [0, 0.1) is 0 Å². The number of fused-ring (bicyclic) bond motifs is 1. The monoisotopic (exact) mass is 254 g/mol. The van der Waals surface area contributed by atoms with Gasteiger partial charge in [-0.1, -0.05) is 0 Å². The van der Waals surface area contributed by atoms with Gasteiger partial charge in [-0.25, -0.2) is 0 Å². The Morgan fingerprint density at radius 1 is 1.16 bits per heavy atom. The van der Waals surface area contributed by atoms with E-state index in [0.717, 1.165) is 12.1 Å². The second-order valence-corrected chi connectivity index (χ2v) is 5.70. The first-order chi connectivity index (χ1) is 9.05. The summed E-state index contributed by atoms with van der Waals surface area (Å²) in [5, 5.41) is 0. The molecule has 0 amide bonds. The molecule has 0 atom stereocenters. The number of furan rings is 1. The van der Waals surface area contributed by atoms with Gasteiger partial charge in [-0.3, -0.25) is 0 Å². The van der Waals surface area contributed by atoms with Crippen LogP contribution in [0.5, 0.6) is 0 Å². The zero-order valence-electron chi connectivity index (χ0n) is 12.0. The van der Waals surface area contributed by atoms with Crippen molar-refractivity contribution in [3.63, 3.8) is 0 Å². The molecule has 3 rings (SSSR count). The van der Waals surface area contributed by atoms with Gasteiger partial charge in [-0.05, 0) is 44.5 Å². The van der Waals surface area contributed by atoms with Crippen molar-refractivity contribution in [2.45, 2.75) is 33.1 Å². The summed E-state index contributed by atoms with van der Waals surface area (Å²) in [6, 6.07) is 8.73. The Hall–Kier alpha value is -1.83. The largest absolute Gasteiger partial charge is 0.472 e. The van der Waals surface area contributed by atoms with Gasteiger partial charge in [0.1, 0.15) is 6.54 Å². The van der Waals surface area contributed by atoms with Gasteiger partial charge in [-0.2, -0.15) is 4.58 Å². The SMILES string of the molecule is CC[N+]1=C(C)C(C)(C)c2cc(-c3ccoc3)ccc21. The van der Waals surface area contributed by atoms with Crippen LogP contribution in [-0.4, -0.2) is 16.8 Å². The van der Waals surface area contributed by atoms with Gasteiger partial charge in [0.05, 0.1) is 17.9 Å². The summed E-state index contributed by atoms with van der Waals surface area (Å²) in [5.41, 5.74) is 6.65. The van der Waals surface area contributed by atoms with E-state index in [1.54, 1.807) is 12.5 Å². The van der Waals surface area contributed by atoms with Crippen LogP contribution in [0.1, 0.15) is 33.3 Å². The van der Waals surface area contributed by atoms with E-state index in [9.17, 15) is 0 Å². The highest BCUT2D eigenvalue weighted by Crippen LogP contribution is 2.41. The van der Waals surface area contributed by atoms with Crippen molar-refractivity contribution < 1.29 is 8.99 Å². The first-order valence-electron chi connectivity index (χ1n) is 6.84. The Morgan fingerprint density at radius 2 is 1.95 bits per heavy atom. The summed E-state index contributed by atoms with van der Waals surface area (Å²) in [6.07, 6.45) is 3.53. The molecule has 0 aliphatic carbocycles. The van der Waals surface area contributed by atoms with Crippen molar-refractivity contribution in [3.8, 4) is 11.1 Å². The summed E-state index contributed by atoms with van der Waals surface area (Å²) in [7, 11) is 0. The van der Waals surface area contributed by atoms with Crippen molar-refractivity contribution in [2.24, 2.45) is 0 Å². The Balaban J connectivity index is 2.18. The Bertz CT molecular complexity index is 648. The van der Waals surface area contributed by atoms with Gasteiger partial charge in [0.15, 0.2) is 5.71 Å². The summed E-state index contributed by atoms with van der Waals surface area (Å²) >= 11 is 0. The van der Waals surface area contributed by atoms with Gasteiger partial charge in [0.2, 0.25) is 5.69 Å². The molecule has 0 radical (unpaired) electrons. The quantitative estimate of drug-likeness (QED) is 0.727. The van der Waals surface area contributed by atoms with Gasteiger partial charge in [0, 0.05) is 24.1 Å². The fourth-order valence-electron chi connectivity index (χ4n) is 3.00. The van der Waals surface area contributed by atoms with Crippen molar-refractivity contribution in [1.82, 2.24) is 0 Å². The maximum absolute atomic E-state index is 5.19. The molecule has 2 nitrogen and oxygen atoms in total. The third-order valence-corrected chi connectivity index (χ3v) is 4.44. The minimum Gasteiger partial charge on any atom is -0.472 e. The average Bonchev–Trinajstić information content (AvgIpc) is 2.98. The molecule has 1 aliphatic rings. The highest BCUT2D eigenvalue weighted by atomic mass is 16.3. The van der Waals surface area contributed by atoms with E-state index < -0.39 is 0 Å². The number of hydrogen-bond acceptors (Lipinski definition) is 1. The summed E-state index contributed by atoms with van der Waals surface area (Å²) in [6.45, 7) is 10.1. The highest BCUT2D eigenvalue weighted by molar-refractivity contribution is 5.94. The highest BCUT2D eigenvalue weighted by Gasteiger charge is 2.42. The van der Waals surface area contributed by atoms with Crippen LogP contribution in [0.2, 0.25) is 0 Å². The number of rotatable bonds is 2. The van der Waals surface area contributed by atoms with Crippen LogP contribution in [-0.2, 0) is 5.41 Å². The molecule has 1 aromatic heterocycles. The van der Waals surface area contributed by atoms with Gasteiger partial charge >= 0.3 is 0 Å². The minimum atomic E-state index is 0.102. The molecule has 0 spiro atoms. The van der Waals surface area contributed by atoms with Crippen LogP contribution in [0.25, 0.3) is 11.1 Å². The van der Waals surface area contributed by atoms with Crippen LogP contribution in [0.3, 0.4) is 0 Å². The molecule has 2 aromatic rings. The standard InChI is InChI=1S/C17H20NO/c1-5-18-12(2)17(3,4)15-10-13(6-7-16(15)18)14-8-9-19-11-14/h6-11H,5H2,1-4H3/q+1. The number of benzene rings is 1. The number of nitrogens with zero attached hydrogens (tertiary/aromatic N) is 1. The molecule has 0 fully saturated rings. The lowest BCUT2D eigenvalue weighted by Crippen LogP contribution is -2.26. The zero-order chi connectivity index (χ0) is 13.6. The molecule has 19 heavy (non-hydrogen) atoms. The first-order valence-corrected chi connectivity index (χ1v) is 6.84. The van der Waals surface area contributed by atoms with E-state index in [2.05, 4.69) is 50.5 Å². The summed E-state index contributed by atoms with van der Waals surface area (Å²) in [5.74, 6) is 0. The fraction of sp³-hybridized carbons (Fsp3) is 0.353. The fourth-order valence-corrected chi connectivity index (χ4v) is 3.00. The number of hydrogen-bond donors (Lipinski definition) is 0. The predicted octanol–water partition coefficient (Wildman–Crippen LogP) is 4.36. The average molecular weight is 254 g/mol. The van der Waals surface area contributed by atoms with Crippen molar-refractivity contribution in [2.75, 3.05) is 6.54 Å². The molecule has 98 valence electrons. The van der Waals surface area contributed by atoms with E-state index in [1.807, 2.05) is 6.07 Å². The first kappa shape index (κ1) is 12.2. The lowest BCUT2D eigenvalue weighted by atomic mass is 9.81. The second kappa shape index (κ2) is 4.09. The molecule has 1 aliphatic heterocycles. The Morgan fingerprint density at radius 3 is 2.58 bits per heavy atom. The van der Waals surface area contributed by atoms with Crippen LogP contribution >= 0.6 is 0 Å². The minimum absolute atomic E-state index is 0.102. The smallest absolute Gasteiger partial charge is 0.209 e. The molecule has 0 N–H and O–H groups in total. The van der Waals surface area contributed by atoms with E-state index >= 15 is 0 Å². The van der Waals surface area contributed by atoms with E-state index in [-0.39, 0.29) is 5.41 Å². The lowest BCUT2D eigenvalue weighted by molar-refractivity contribution is -0.434. The zero-order valence-corrected chi connectivity index (χ0v) is 12.0. The molecule has 0 unspecified atom stereocenters. The van der Waals surface area contributed by atoms with E-state index in [4.69, 9.17) is 4.42 Å². The van der Waals surface area contributed by atoms with Crippen molar-refractivity contribution in [1.29, 1.82) is 0 Å². The summed E-state index contributed by atoms with van der Waals surface area (Å²) < 4.78 is 7.60. The third-order valence-electron chi connectivity index (χ3n) is 4.44. The van der Waals surface area contributed by atoms with Gasteiger partial charge in [0.25, 0.3) is 0 Å². The molecule has 1 aromatic carbocycles. The maximum Gasteiger partial charge on any atom is 0.209 e. The molecular formula is C17H20NO+. The third kappa shape index (κ3) is 1.66. The van der Waals surface area contributed by atoms with Crippen molar-refractivity contribution >= 4 is 11.4 Å². The normalized spacial score (nSPS) is 16.8. The Kier molecular flexibility index (Phi) is 2.63. The van der Waals surface area contributed by atoms with Gasteiger partial charge < -0.3 is 4.42 Å². The summed E-state index contributed by atoms with van der Waals surface area (Å²) in [4.78, 5) is 0. The lowest BCUT2D eigenvalue weighted by Gasteiger charge is -2.15. The van der Waals surface area contributed by atoms with Gasteiger partial charge in [-0.15, -0.1) is 0 Å². The van der Waals surface area contributed by atoms with Crippen LogP contribution in [0.15, 0.2) is 41.2 Å². The molecule has 0 saturated carbocycles. The van der Waals surface area contributed by atoms with Crippen LogP contribution < -0.4 is 0 Å². The topological polar surface area (TPSA) is 16.1 Å². The predicted molar refractivity (Wildman–Crippen MR) is 78.3 cm³/mol. The van der Waals surface area contributed by atoms with E-state index in [1.165, 1.54) is 22.5 Å². The molecular weight excluding hydrogens is 234 g/mol. The second-order valence-electron chi connectivity index (χ2n) is 5.70. The van der Waals surface area contributed by atoms with Crippen molar-refractivity contribution in [3.05, 3.63) is 42.4 Å². The molecule has 0 bridgehead atoms. The molecule has 2 heterocycles. The van der Waals surface area contributed by atoms with Crippen LogP contribution in [0.4, 0.5) is 5.69 Å². The molecule has 2 heteroatoms. The van der Waals surface area contributed by atoms with E-state index in [0.29, 0.717) is 0 Å². The molecule has 0 saturated heterocycles.